The molecule has 0 saturated carbocycles. The summed E-state index contributed by atoms with van der Waals surface area (Å²) in [6.45, 7) is 0.465. The lowest BCUT2D eigenvalue weighted by Crippen LogP contribution is -2.51. The van der Waals surface area contributed by atoms with Crippen molar-refractivity contribution in [2.45, 2.75) is 31.3 Å². The average molecular weight is 451 g/mol. The van der Waals surface area contributed by atoms with Crippen LogP contribution in [0.4, 0.5) is 5.69 Å². The first kappa shape index (κ1) is 20.8. The topological polar surface area (TPSA) is 134 Å². The Morgan fingerprint density at radius 1 is 1.06 bits per heavy atom. The molecule has 0 radical (unpaired) electrons. The number of anilines is 1. The molecular weight excluding hydrogens is 430 g/mol. The predicted molar refractivity (Wildman–Crippen MR) is 115 cm³/mol. The van der Waals surface area contributed by atoms with Crippen molar-refractivity contribution in [3.63, 3.8) is 0 Å². The van der Waals surface area contributed by atoms with Crippen molar-refractivity contribution in [3.05, 3.63) is 42.0 Å². The molecule has 2 aromatic rings. The van der Waals surface area contributed by atoms with Gasteiger partial charge in [-0.05, 0) is 41.8 Å². The van der Waals surface area contributed by atoms with Gasteiger partial charge in [-0.3, -0.25) is 19.2 Å². The molecular formula is C23H21N3O7. The minimum Gasteiger partial charge on any atom is -0.481 e. The standard InChI is InChI=1S/C23H21N3O7/c27-19(5-6-20(28)29)24-16-7-8-26-21(16)22(30)25-15-3-1-12(9-14(15)23(26)31)13-2-4-17-18(10-13)33-11-32-17/h1-4,9-10,16,21H,5-8,11H2,(H,24,27)(H,25,30)(H,28,29). The summed E-state index contributed by atoms with van der Waals surface area (Å²) in [6.07, 6.45) is -0.0841. The zero-order chi connectivity index (χ0) is 23.1. The molecule has 3 aliphatic rings. The second kappa shape index (κ2) is 8.12. The highest BCUT2D eigenvalue weighted by Gasteiger charge is 2.45. The Hall–Kier alpha value is -4.08. The van der Waals surface area contributed by atoms with Crippen LogP contribution in [0.15, 0.2) is 36.4 Å². The van der Waals surface area contributed by atoms with Crippen LogP contribution in [0.2, 0.25) is 0 Å². The van der Waals surface area contributed by atoms with Crippen LogP contribution in [0.25, 0.3) is 11.1 Å². The third-order valence-corrected chi connectivity index (χ3v) is 6.05. The van der Waals surface area contributed by atoms with Gasteiger partial charge in [0.25, 0.3) is 5.91 Å². The summed E-state index contributed by atoms with van der Waals surface area (Å²) < 4.78 is 10.8. The zero-order valence-corrected chi connectivity index (χ0v) is 17.5. The van der Waals surface area contributed by atoms with E-state index in [9.17, 15) is 19.2 Å². The van der Waals surface area contributed by atoms with Gasteiger partial charge in [0.15, 0.2) is 11.5 Å². The van der Waals surface area contributed by atoms with Gasteiger partial charge in [-0.2, -0.15) is 0 Å². The molecule has 5 rings (SSSR count). The van der Waals surface area contributed by atoms with Crippen LogP contribution in [-0.4, -0.2) is 59.1 Å². The highest BCUT2D eigenvalue weighted by Crippen LogP contribution is 2.37. The summed E-state index contributed by atoms with van der Waals surface area (Å²) in [6, 6.07) is 9.30. The molecule has 2 aromatic carbocycles. The molecule has 0 spiro atoms. The van der Waals surface area contributed by atoms with Crippen molar-refractivity contribution >= 4 is 29.4 Å². The van der Waals surface area contributed by atoms with Gasteiger partial charge in [0.1, 0.15) is 6.04 Å². The van der Waals surface area contributed by atoms with Crippen molar-refractivity contribution in [3.8, 4) is 22.6 Å². The highest BCUT2D eigenvalue weighted by molar-refractivity contribution is 6.11. The lowest BCUT2D eigenvalue weighted by molar-refractivity contribution is -0.139. The molecule has 3 aliphatic heterocycles. The summed E-state index contributed by atoms with van der Waals surface area (Å²) in [7, 11) is 0. The third-order valence-electron chi connectivity index (χ3n) is 6.05. The normalized spacial score (nSPS) is 20.5. The lowest BCUT2D eigenvalue weighted by atomic mass is 10.0. The van der Waals surface area contributed by atoms with Crippen molar-refractivity contribution in [2.24, 2.45) is 0 Å². The van der Waals surface area contributed by atoms with Crippen molar-refractivity contribution < 1.29 is 33.8 Å². The number of carboxylic acid groups (broad SMARTS) is 1. The minimum atomic E-state index is -1.07. The summed E-state index contributed by atoms with van der Waals surface area (Å²) in [5.41, 5.74) is 2.39. The highest BCUT2D eigenvalue weighted by atomic mass is 16.7. The zero-order valence-electron chi connectivity index (χ0n) is 17.5. The van der Waals surface area contributed by atoms with E-state index in [2.05, 4.69) is 10.6 Å². The number of rotatable bonds is 5. The number of carboxylic acids is 1. The van der Waals surface area contributed by atoms with Crippen LogP contribution < -0.4 is 20.1 Å². The maximum Gasteiger partial charge on any atom is 0.303 e. The Bertz CT molecular complexity index is 1180. The Balaban J connectivity index is 1.39. The van der Waals surface area contributed by atoms with E-state index in [1.165, 1.54) is 4.90 Å². The number of amides is 3. The fraction of sp³-hybridized carbons (Fsp3) is 0.304. The second-order valence-electron chi connectivity index (χ2n) is 8.12. The fourth-order valence-electron chi connectivity index (χ4n) is 4.44. The van der Waals surface area contributed by atoms with Gasteiger partial charge in [0.05, 0.1) is 23.7 Å². The average Bonchev–Trinajstić information content (AvgIpc) is 3.41. The molecule has 33 heavy (non-hydrogen) atoms. The van der Waals surface area contributed by atoms with E-state index < -0.39 is 24.0 Å². The molecule has 2 atom stereocenters. The first-order valence-corrected chi connectivity index (χ1v) is 10.6. The summed E-state index contributed by atoms with van der Waals surface area (Å²) in [5, 5.41) is 14.3. The SMILES string of the molecule is O=C(O)CCC(=O)NC1CCN2C(=O)c3cc(-c4ccc5c(c4)OCO5)ccc3NC(=O)C12. The minimum absolute atomic E-state index is 0.165. The maximum atomic E-state index is 13.4. The fourth-order valence-corrected chi connectivity index (χ4v) is 4.44. The van der Waals surface area contributed by atoms with Gasteiger partial charge < -0.3 is 30.1 Å². The van der Waals surface area contributed by atoms with E-state index in [4.69, 9.17) is 14.6 Å². The van der Waals surface area contributed by atoms with Crippen LogP contribution in [0.1, 0.15) is 29.6 Å². The molecule has 1 saturated heterocycles. The number of hydrogen-bond donors (Lipinski definition) is 3. The number of nitrogens with one attached hydrogen (secondary N) is 2. The van der Waals surface area contributed by atoms with Gasteiger partial charge in [-0.1, -0.05) is 12.1 Å². The molecule has 0 aliphatic carbocycles. The number of hydrogen-bond acceptors (Lipinski definition) is 6. The number of carbonyl (C=O) groups excluding carboxylic acids is 3. The monoisotopic (exact) mass is 451 g/mol. The molecule has 3 amide bonds. The number of ether oxygens (including phenoxy) is 2. The van der Waals surface area contributed by atoms with E-state index in [1.807, 2.05) is 18.2 Å². The molecule has 170 valence electrons. The smallest absolute Gasteiger partial charge is 0.303 e. The Morgan fingerprint density at radius 3 is 2.64 bits per heavy atom. The molecule has 2 unspecified atom stereocenters. The number of nitrogens with zero attached hydrogens (tertiary/aromatic N) is 1. The van der Waals surface area contributed by atoms with E-state index >= 15 is 0 Å². The molecule has 3 N–H and O–H groups in total. The van der Waals surface area contributed by atoms with Gasteiger partial charge in [-0.15, -0.1) is 0 Å². The van der Waals surface area contributed by atoms with Crippen LogP contribution in [0, 0.1) is 0 Å². The Labute approximate surface area is 188 Å². The molecule has 0 bridgehead atoms. The summed E-state index contributed by atoms with van der Waals surface area (Å²) in [4.78, 5) is 50.6. The molecule has 10 nitrogen and oxygen atoms in total. The van der Waals surface area contributed by atoms with Gasteiger partial charge in [-0.25, -0.2) is 0 Å². The quantitative estimate of drug-likeness (QED) is 0.629. The Morgan fingerprint density at radius 2 is 1.82 bits per heavy atom. The van der Waals surface area contributed by atoms with Crippen molar-refractivity contribution in [2.75, 3.05) is 18.7 Å². The first-order valence-electron chi connectivity index (χ1n) is 10.6. The van der Waals surface area contributed by atoms with Gasteiger partial charge in [0, 0.05) is 13.0 Å². The summed E-state index contributed by atoms with van der Waals surface area (Å²) >= 11 is 0. The first-order chi connectivity index (χ1) is 15.9. The van der Waals surface area contributed by atoms with Crippen LogP contribution >= 0.6 is 0 Å². The second-order valence-corrected chi connectivity index (χ2v) is 8.12. The lowest BCUT2D eigenvalue weighted by Gasteiger charge is -2.24. The van der Waals surface area contributed by atoms with Crippen molar-refractivity contribution in [1.82, 2.24) is 10.2 Å². The van der Waals surface area contributed by atoms with E-state index in [1.54, 1.807) is 18.2 Å². The molecule has 3 heterocycles. The van der Waals surface area contributed by atoms with Crippen LogP contribution in [0.5, 0.6) is 11.5 Å². The number of aliphatic carboxylic acids is 1. The predicted octanol–water partition coefficient (Wildman–Crippen LogP) is 1.60. The third kappa shape index (κ3) is 3.84. The van der Waals surface area contributed by atoms with Crippen LogP contribution in [-0.2, 0) is 14.4 Å². The number of benzene rings is 2. The molecule has 1 fully saturated rings. The molecule has 0 aromatic heterocycles. The van der Waals surface area contributed by atoms with E-state index in [0.29, 0.717) is 35.7 Å². The van der Waals surface area contributed by atoms with E-state index in [0.717, 1.165) is 11.1 Å². The van der Waals surface area contributed by atoms with Gasteiger partial charge >= 0.3 is 5.97 Å². The maximum absolute atomic E-state index is 13.4. The van der Waals surface area contributed by atoms with Gasteiger partial charge in [0.2, 0.25) is 18.6 Å². The van der Waals surface area contributed by atoms with Crippen LogP contribution in [0.3, 0.4) is 0 Å². The largest absolute Gasteiger partial charge is 0.481 e. The number of fused-ring (bicyclic) bond motifs is 3. The molecule has 10 heteroatoms. The summed E-state index contributed by atoms with van der Waals surface area (Å²) in [5.74, 6) is -0.945. The Kier molecular flexibility index (Phi) is 5.12. The van der Waals surface area contributed by atoms with E-state index in [-0.39, 0.29) is 31.4 Å². The van der Waals surface area contributed by atoms with Crippen molar-refractivity contribution in [1.29, 1.82) is 0 Å². The number of carbonyl (C=O) groups is 4.